The van der Waals surface area contributed by atoms with E-state index in [2.05, 4.69) is 34.3 Å². The first-order chi connectivity index (χ1) is 12.0. The second-order valence-corrected chi connectivity index (χ2v) is 9.33. The highest BCUT2D eigenvalue weighted by Gasteiger charge is 2.50. The van der Waals surface area contributed by atoms with Gasteiger partial charge in [-0.3, -0.25) is 4.90 Å². The molecule has 8 nitrogen and oxygen atoms in total. The lowest BCUT2D eigenvalue weighted by molar-refractivity contribution is 0.0939. The predicted molar refractivity (Wildman–Crippen MR) is 95.6 cm³/mol. The van der Waals surface area contributed by atoms with E-state index in [4.69, 9.17) is 0 Å². The van der Waals surface area contributed by atoms with Gasteiger partial charge in [-0.05, 0) is 49.7 Å². The summed E-state index contributed by atoms with van der Waals surface area (Å²) < 4.78 is 28.5. The molecule has 0 bridgehead atoms. The molecule has 0 N–H and O–H groups in total. The van der Waals surface area contributed by atoms with Crippen LogP contribution in [0.25, 0.3) is 0 Å². The maximum atomic E-state index is 12.4. The third kappa shape index (κ3) is 3.21. The van der Waals surface area contributed by atoms with Crippen molar-refractivity contribution in [1.82, 2.24) is 29.4 Å². The van der Waals surface area contributed by atoms with Gasteiger partial charge in [-0.25, -0.2) is 13.1 Å². The molecule has 1 aromatic rings. The summed E-state index contributed by atoms with van der Waals surface area (Å²) >= 11 is 0. The summed E-state index contributed by atoms with van der Waals surface area (Å²) in [6, 6.07) is 0.342. The van der Waals surface area contributed by atoms with Crippen molar-refractivity contribution in [2.75, 3.05) is 31.9 Å². The van der Waals surface area contributed by atoms with Gasteiger partial charge in [0.05, 0.1) is 17.3 Å². The third-order valence-electron chi connectivity index (χ3n) is 5.92. The Balaban J connectivity index is 2.01. The molecular formula is C16H30N6O2S. The first-order valence-electron chi connectivity index (χ1n) is 9.49. The molecular weight excluding hydrogens is 340 g/mol. The van der Waals surface area contributed by atoms with Crippen LogP contribution in [0.4, 0.5) is 0 Å². The Bertz CT molecular complexity index is 681. The number of aromatic nitrogens is 4. The second kappa shape index (κ2) is 7.28. The van der Waals surface area contributed by atoms with Crippen molar-refractivity contribution in [3.05, 3.63) is 5.82 Å². The molecule has 2 aliphatic rings. The average molecular weight is 371 g/mol. The minimum absolute atomic E-state index is 0.134. The van der Waals surface area contributed by atoms with Crippen molar-refractivity contribution in [3.63, 3.8) is 0 Å². The van der Waals surface area contributed by atoms with Crippen LogP contribution in [0.15, 0.2) is 0 Å². The monoisotopic (exact) mass is 370 g/mol. The van der Waals surface area contributed by atoms with Gasteiger partial charge in [-0.1, -0.05) is 26.7 Å². The summed E-state index contributed by atoms with van der Waals surface area (Å²) in [5.41, 5.74) is -0.433. The Hall–Kier alpha value is -1.06. The first-order valence-corrected chi connectivity index (χ1v) is 11.1. The topological polar surface area (TPSA) is 84.2 Å². The summed E-state index contributed by atoms with van der Waals surface area (Å²) in [6.07, 6.45) is 5.35. The number of sulfonamides is 1. The van der Waals surface area contributed by atoms with Crippen LogP contribution in [0, 0.1) is 0 Å². The van der Waals surface area contributed by atoms with E-state index >= 15 is 0 Å². The minimum atomic E-state index is -3.21. The van der Waals surface area contributed by atoms with Crippen molar-refractivity contribution in [2.45, 2.75) is 64.5 Å². The summed E-state index contributed by atoms with van der Waals surface area (Å²) in [5, 5.41) is 12.7. The molecule has 1 aliphatic carbocycles. The number of rotatable bonds is 7. The van der Waals surface area contributed by atoms with Gasteiger partial charge in [0.2, 0.25) is 10.0 Å². The molecule has 3 rings (SSSR count). The predicted octanol–water partition coefficient (Wildman–Crippen LogP) is 1.38. The van der Waals surface area contributed by atoms with Crippen LogP contribution < -0.4 is 0 Å². The lowest BCUT2D eigenvalue weighted by Gasteiger charge is -2.39. The van der Waals surface area contributed by atoms with Gasteiger partial charge in [0.1, 0.15) is 0 Å². The molecule has 1 saturated heterocycles. The molecule has 1 unspecified atom stereocenters. The quantitative estimate of drug-likeness (QED) is 0.721. The fourth-order valence-electron chi connectivity index (χ4n) is 4.49. The van der Waals surface area contributed by atoms with E-state index < -0.39 is 15.6 Å². The molecule has 0 spiro atoms. The molecule has 25 heavy (non-hydrogen) atoms. The zero-order valence-corrected chi connectivity index (χ0v) is 16.4. The van der Waals surface area contributed by atoms with E-state index in [1.54, 1.807) is 11.2 Å². The SMILES string of the molecule is CCN(CC)C1(c2nnnn2C2CCCC2)CCN(S(=O)(=O)CC)C1. The molecule has 0 aromatic carbocycles. The van der Waals surface area contributed by atoms with Crippen LogP contribution in [0.5, 0.6) is 0 Å². The van der Waals surface area contributed by atoms with Gasteiger partial charge in [0.25, 0.3) is 0 Å². The standard InChI is InChI=1S/C16H30N6O2S/c1-4-20(5-2)16(11-12-21(13-16)25(23,24)6-3)15-17-18-19-22(15)14-9-7-8-10-14/h14H,4-13H2,1-3H3. The third-order valence-corrected chi connectivity index (χ3v) is 7.75. The highest BCUT2D eigenvalue weighted by molar-refractivity contribution is 7.89. The van der Waals surface area contributed by atoms with Crippen LogP contribution in [0.3, 0.4) is 0 Å². The van der Waals surface area contributed by atoms with E-state index in [9.17, 15) is 8.42 Å². The van der Waals surface area contributed by atoms with Crippen molar-refractivity contribution >= 4 is 10.0 Å². The van der Waals surface area contributed by atoms with Gasteiger partial charge in [0, 0.05) is 13.1 Å². The number of hydrogen-bond donors (Lipinski definition) is 0. The highest BCUT2D eigenvalue weighted by Crippen LogP contribution is 2.40. The lowest BCUT2D eigenvalue weighted by atomic mass is 9.94. The Labute approximate surface area is 150 Å². The maximum Gasteiger partial charge on any atom is 0.213 e. The molecule has 1 atom stereocenters. The summed E-state index contributed by atoms with van der Waals surface area (Å²) in [7, 11) is -3.21. The summed E-state index contributed by atoms with van der Waals surface area (Å²) in [4.78, 5) is 2.33. The van der Waals surface area contributed by atoms with Gasteiger partial charge in [-0.15, -0.1) is 5.10 Å². The van der Waals surface area contributed by atoms with E-state index in [1.165, 1.54) is 12.8 Å². The Morgan fingerprint density at radius 2 is 1.88 bits per heavy atom. The van der Waals surface area contributed by atoms with Crippen molar-refractivity contribution < 1.29 is 8.42 Å². The molecule has 2 fully saturated rings. The van der Waals surface area contributed by atoms with Crippen LogP contribution in [0.1, 0.15) is 64.7 Å². The number of tetrazole rings is 1. The fourth-order valence-corrected chi connectivity index (χ4v) is 5.63. The first kappa shape index (κ1) is 18.7. The Morgan fingerprint density at radius 3 is 2.48 bits per heavy atom. The highest BCUT2D eigenvalue weighted by atomic mass is 32.2. The Kier molecular flexibility index (Phi) is 5.45. The summed E-state index contributed by atoms with van der Waals surface area (Å²) in [6.45, 7) is 8.59. The maximum absolute atomic E-state index is 12.4. The molecule has 9 heteroatoms. The molecule has 1 aliphatic heterocycles. The van der Waals surface area contributed by atoms with Gasteiger partial charge >= 0.3 is 0 Å². The van der Waals surface area contributed by atoms with Crippen molar-refractivity contribution in [2.24, 2.45) is 0 Å². The minimum Gasteiger partial charge on any atom is -0.290 e. The lowest BCUT2D eigenvalue weighted by Crippen LogP contribution is -2.50. The molecule has 0 radical (unpaired) electrons. The van der Waals surface area contributed by atoms with Gasteiger partial charge in [0.15, 0.2) is 5.82 Å². The van der Waals surface area contributed by atoms with Crippen LogP contribution in [-0.4, -0.2) is 69.8 Å². The zero-order valence-electron chi connectivity index (χ0n) is 15.6. The van der Waals surface area contributed by atoms with Crippen LogP contribution >= 0.6 is 0 Å². The van der Waals surface area contributed by atoms with Gasteiger partial charge in [-0.2, -0.15) is 4.31 Å². The smallest absolute Gasteiger partial charge is 0.213 e. The Morgan fingerprint density at radius 1 is 1.20 bits per heavy atom. The van der Waals surface area contributed by atoms with Gasteiger partial charge < -0.3 is 0 Å². The molecule has 142 valence electrons. The molecule has 2 heterocycles. The van der Waals surface area contributed by atoms with E-state index in [0.29, 0.717) is 19.1 Å². The zero-order chi connectivity index (χ0) is 18.1. The fraction of sp³-hybridized carbons (Fsp3) is 0.938. The van der Waals surface area contributed by atoms with Crippen molar-refractivity contribution in [1.29, 1.82) is 0 Å². The van der Waals surface area contributed by atoms with Crippen molar-refractivity contribution in [3.8, 4) is 0 Å². The van der Waals surface area contributed by atoms with E-state index in [-0.39, 0.29) is 5.75 Å². The normalized spacial score (nSPS) is 26.1. The number of hydrogen-bond acceptors (Lipinski definition) is 6. The van der Waals surface area contributed by atoms with E-state index in [1.807, 2.05) is 4.68 Å². The largest absolute Gasteiger partial charge is 0.290 e. The molecule has 1 aromatic heterocycles. The second-order valence-electron chi connectivity index (χ2n) is 7.07. The number of nitrogens with zero attached hydrogens (tertiary/aromatic N) is 6. The summed E-state index contributed by atoms with van der Waals surface area (Å²) in [5.74, 6) is 0.978. The van der Waals surface area contributed by atoms with E-state index in [0.717, 1.165) is 38.2 Å². The molecule has 1 saturated carbocycles. The van der Waals surface area contributed by atoms with Crippen LogP contribution in [0.2, 0.25) is 0 Å². The van der Waals surface area contributed by atoms with Crippen LogP contribution in [-0.2, 0) is 15.6 Å². The average Bonchev–Trinajstić information content (AvgIpc) is 3.34. The number of likely N-dealkylation sites (N-methyl/N-ethyl adjacent to an activating group) is 1. The molecule has 0 amide bonds.